The van der Waals surface area contributed by atoms with Crippen LogP contribution >= 0.6 is 0 Å². The summed E-state index contributed by atoms with van der Waals surface area (Å²) in [7, 11) is 0. The Morgan fingerprint density at radius 2 is 1.24 bits per heavy atom. The standard InChI is InChI=1S/C17H35NO2.Na.H/c1-3-4-5-6-7-8-9-10-11-12-13-14-15-20-17(19)16(2)18;;/h16H,3-15,18H2,1-2H3;;/t16-;;/m0../s1. The molecule has 0 rings (SSSR count). The van der Waals surface area contributed by atoms with Gasteiger partial charge in [0, 0.05) is 0 Å². The summed E-state index contributed by atoms with van der Waals surface area (Å²) in [6, 6.07) is -0.493. The quantitative estimate of drug-likeness (QED) is 0.300. The first-order chi connectivity index (χ1) is 9.68. The third-order valence-electron chi connectivity index (χ3n) is 3.61. The van der Waals surface area contributed by atoms with Gasteiger partial charge in [0.25, 0.3) is 0 Å². The zero-order valence-corrected chi connectivity index (χ0v) is 13.7. The van der Waals surface area contributed by atoms with Crippen LogP contribution in [0, 0.1) is 0 Å². The van der Waals surface area contributed by atoms with E-state index in [-0.39, 0.29) is 35.5 Å². The third-order valence-corrected chi connectivity index (χ3v) is 3.61. The van der Waals surface area contributed by atoms with Gasteiger partial charge in [-0.2, -0.15) is 0 Å². The number of nitrogens with two attached hydrogens (primary N) is 1. The second-order valence-corrected chi connectivity index (χ2v) is 5.85. The van der Waals surface area contributed by atoms with Crippen LogP contribution in [0.3, 0.4) is 0 Å². The molecule has 21 heavy (non-hydrogen) atoms. The number of hydrogen-bond acceptors (Lipinski definition) is 3. The van der Waals surface area contributed by atoms with Crippen molar-refractivity contribution in [3.8, 4) is 0 Å². The molecule has 122 valence electrons. The SMILES string of the molecule is CCCCCCCCCCCCCCOC(=O)[C@H](C)N.[NaH]. The summed E-state index contributed by atoms with van der Waals surface area (Å²) in [6.07, 6.45) is 15.8. The maximum absolute atomic E-state index is 11.1. The molecule has 0 aliphatic heterocycles. The number of ether oxygens (including phenoxy) is 1. The second kappa shape index (κ2) is 18.5. The van der Waals surface area contributed by atoms with Gasteiger partial charge in [-0.1, -0.05) is 77.6 Å². The molecule has 0 fully saturated rings. The van der Waals surface area contributed by atoms with Crippen LogP contribution in [0.1, 0.15) is 90.9 Å². The number of rotatable bonds is 14. The molecule has 0 aromatic carbocycles. The Morgan fingerprint density at radius 3 is 1.62 bits per heavy atom. The summed E-state index contributed by atoms with van der Waals surface area (Å²) in [5.41, 5.74) is 5.41. The monoisotopic (exact) mass is 309 g/mol. The van der Waals surface area contributed by atoms with Gasteiger partial charge in [-0.25, -0.2) is 0 Å². The molecule has 0 spiro atoms. The minimum absolute atomic E-state index is 0. The predicted octanol–water partition coefficient (Wildman–Crippen LogP) is 3.93. The van der Waals surface area contributed by atoms with Gasteiger partial charge >= 0.3 is 35.5 Å². The van der Waals surface area contributed by atoms with Gasteiger partial charge in [-0.05, 0) is 13.3 Å². The molecule has 1 atom stereocenters. The Kier molecular flexibility index (Phi) is 20.8. The minimum atomic E-state index is -0.493. The van der Waals surface area contributed by atoms with Gasteiger partial charge in [-0.3, -0.25) is 4.79 Å². The number of carbonyl (C=O) groups is 1. The molecule has 0 unspecified atom stereocenters. The molecule has 0 amide bonds. The molecule has 0 bridgehead atoms. The van der Waals surface area contributed by atoms with Crippen LogP contribution in [-0.2, 0) is 9.53 Å². The zero-order valence-electron chi connectivity index (χ0n) is 13.7. The van der Waals surface area contributed by atoms with E-state index in [1.54, 1.807) is 6.92 Å². The average Bonchev–Trinajstić information content (AvgIpc) is 2.43. The summed E-state index contributed by atoms with van der Waals surface area (Å²) in [6.45, 7) is 4.44. The van der Waals surface area contributed by atoms with Gasteiger partial charge < -0.3 is 10.5 Å². The van der Waals surface area contributed by atoms with Crippen LogP contribution in [0.4, 0.5) is 0 Å². The van der Waals surface area contributed by atoms with Crippen LogP contribution in [0.25, 0.3) is 0 Å². The van der Waals surface area contributed by atoms with Crippen molar-refractivity contribution in [2.45, 2.75) is 96.9 Å². The van der Waals surface area contributed by atoms with Crippen LogP contribution in [-0.4, -0.2) is 48.2 Å². The van der Waals surface area contributed by atoms with Crippen molar-refractivity contribution in [3.05, 3.63) is 0 Å². The molecule has 0 aliphatic rings. The second-order valence-electron chi connectivity index (χ2n) is 5.85. The number of carbonyl (C=O) groups excluding carboxylic acids is 1. The summed E-state index contributed by atoms with van der Waals surface area (Å²) < 4.78 is 5.03. The van der Waals surface area contributed by atoms with E-state index in [0.29, 0.717) is 6.61 Å². The molecule has 4 heteroatoms. The molecule has 0 aromatic heterocycles. The Bertz CT molecular complexity index is 223. The molecule has 0 aliphatic carbocycles. The van der Waals surface area contributed by atoms with Crippen molar-refractivity contribution in [3.63, 3.8) is 0 Å². The molecule has 0 saturated heterocycles. The van der Waals surface area contributed by atoms with Crippen LogP contribution in [0.15, 0.2) is 0 Å². The summed E-state index contributed by atoms with van der Waals surface area (Å²) in [5.74, 6) is -0.284. The molecule has 3 nitrogen and oxygen atoms in total. The first-order valence-corrected chi connectivity index (χ1v) is 8.60. The average molecular weight is 309 g/mol. The van der Waals surface area contributed by atoms with E-state index in [1.807, 2.05) is 0 Å². The fourth-order valence-electron chi connectivity index (χ4n) is 2.25. The van der Waals surface area contributed by atoms with Crippen molar-refractivity contribution in [1.29, 1.82) is 0 Å². The van der Waals surface area contributed by atoms with Crippen molar-refractivity contribution in [1.82, 2.24) is 0 Å². The van der Waals surface area contributed by atoms with Gasteiger partial charge in [0.15, 0.2) is 0 Å². The van der Waals surface area contributed by atoms with E-state index < -0.39 is 6.04 Å². The fraction of sp³-hybridized carbons (Fsp3) is 0.941. The molecule has 0 aromatic rings. The van der Waals surface area contributed by atoms with Crippen molar-refractivity contribution < 1.29 is 9.53 Å². The molecule has 0 heterocycles. The number of esters is 1. The van der Waals surface area contributed by atoms with Gasteiger partial charge in [0.05, 0.1) is 6.61 Å². The third kappa shape index (κ3) is 18.4. The van der Waals surface area contributed by atoms with E-state index in [1.165, 1.54) is 64.2 Å². The summed E-state index contributed by atoms with van der Waals surface area (Å²) in [4.78, 5) is 11.1. The Balaban J connectivity index is 0. The summed E-state index contributed by atoms with van der Waals surface area (Å²) >= 11 is 0. The fourth-order valence-corrected chi connectivity index (χ4v) is 2.25. The summed E-state index contributed by atoms with van der Waals surface area (Å²) in [5, 5.41) is 0. The van der Waals surface area contributed by atoms with Crippen molar-refractivity contribution in [2.24, 2.45) is 5.73 Å². The van der Waals surface area contributed by atoms with Crippen molar-refractivity contribution >= 4 is 35.5 Å². The number of hydrogen-bond donors (Lipinski definition) is 1. The zero-order chi connectivity index (χ0) is 15.1. The molecule has 2 N–H and O–H groups in total. The van der Waals surface area contributed by atoms with Gasteiger partial charge in [-0.15, -0.1) is 0 Å². The Labute approximate surface area is 154 Å². The maximum atomic E-state index is 11.1. The Morgan fingerprint density at radius 1 is 0.857 bits per heavy atom. The normalized spacial score (nSPS) is 11.8. The van der Waals surface area contributed by atoms with E-state index in [0.717, 1.165) is 12.8 Å². The van der Waals surface area contributed by atoms with E-state index in [9.17, 15) is 4.79 Å². The van der Waals surface area contributed by atoms with Gasteiger partial charge in [0.2, 0.25) is 0 Å². The first kappa shape index (κ1) is 23.7. The first-order valence-electron chi connectivity index (χ1n) is 8.60. The predicted molar refractivity (Wildman–Crippen MR) is 92.8 cm³/mol. The Hall–Kier alpha value is 0.430. The van der Waals surface area contributed by atoms with E-state index >= 15 is 0 Å². The number of unbranched alkanes of at least 4 members (excludes halogenated alkanes) is 11. The molecular weight excluding hydrogens is 273 g/mol. The topological polar surface area (TPSA) is 52.3 Å². The van der Waals surface area contributed by atoms with Crippen LogP contribution in [0.5, 0.6) is 0 Å². The van der Waals surface area contributed by atoms with Gasteiger partial charge in [0.1, 0.15) is 6.04 Å². The van der Waals surface area contributed by atoms with Crippen LogP contribution in [0.2, 0.25) is 0 Å². The molecular formula is C17H36NNaO2. The van der Waals surface area contributed by atoms with E-state index in [2.05, 4.69) is 6.92 Å². The van der Waals surface area contributed by atoms with Crippen LogP contribution < -0.4 is 5.73 Å². The molecule has 0 radical (unpaired) electrons. The molecule has 0 saturated carbocycles. The van der Waals surface area contributed by atoms with Crippen molar-refractivity contribution in [2.75, 3.05) is 6.61 Å². The van der Waals surface area contributed by atoms with E-state index in [4.69, 9.17) is 10.5 Å².